The number of Topliss-reactive ketones (excluding diaryl/α,β-unsaturated/α-hetero) is 2. The second-order valence-corrected chi connectivity index (χ2v) is 8.52. The highest BCUT2D eigenvalue weighted by molar-refractivity contribution is 6.13. The maximum Gasteiger partial charge on any atom is 0.325 e. The third-order valence-corrected chi connectivity index (χ3v) is 6.09. The summed E-state index contributed by atoms with van der Waals surface area (Å²) >= 11 is 0. The number of carbonyl (C=O) groups excluding carboxylic acids is 4. The Balaban J connectivity index is 1.57. The Hall–Kier alpha value is -3.62. The minimum Gasteiger partial charge on any atom is -0.454 e. The van der Waals surface area contributed by atoms with Gasteiger partial charge in [0.2, 0.25) is 12.6 Å². The Morgan fingerprint density at radius 1 is 1.19 bits per heavy atom. The zero-order chi connectivity index (χ0) is 23.4. The number of hydrogen-bond donors (Lipinski definition) is 2. The lowest BCUT2D eigenvalue weighted by Crippen LogP contribution is -2.48. The number of nitrogens with one attached hydrogen (secondary N) is 2. The van der Waals surface area contributed by atoms with Crippen LogP contribution in [0.15, 0.2) is 18.2 Å². The number of aromatic amines is 1. The highest BCUT2D eigenvalue weighted by Crippen LogP contribution is 2.34. The van der Waals surface area contributed by atoms with Gasteiger partial charge in [-0.05, 0) is 57.9 Å². The number of imide groups is 1. The molecular formula is C23H25N3O6. The Kier molecular flexibility index (Phi) is 5.07. The number of aryl methyl sites for hydroxylation is 1. The smallest absolute Gasteiger partial charge is 0.325 e. The Bertz CT molecular complexity index is 1170. The van der Waals surface area contributed by atoms with Crippen molar-refractivity contribution in [2.24, 2.45) is 0 Å². The van der Waals surface area contributed by atoms with Crippen LogP contribution in [-0.4, -0.2) is 51.8 Å². The summed E-state index contributed by atoms with van der Waals surface area (Å²) in [5.41, 5.74) is 1.34. The third-order valence-electron chi connectivity index (χ3n) is 6.09. The first-order valence-corrected chi connectivity index (χ1v) is 10.3. The molecule has 0 radical (unpaired) electrons. The third kappa shape index (κ3) is 3.34. The monoisotopic (exact) mass is 439 g/mol. The van der Waals surface area contributed by atoms with Gasteiger partial charge in [0.15, 0.2) is 17.3 Å². The number of amides is 3. The van der Waals surface area contributed by atoms with Gasteiger partial charge in [0, 0.05) is 17.7 Å². The summed E-state index contributed by atoms with van der Waals surface area (Å²) in [5.74, 6) is 0.127. The van der Waals surface area contributed by atoms with Crippen LogP contribution >= 0.6 is 0 Å². The van der Waals surface area contributed by atoms with Gasteiger partial charge in [-0.2, -0.15) is 0 Å². The Morgan fingerprint density at radius 2 is 1.88 bits per heavy atom. The molecule has 9 heteroatoms. The Labute approximate surface area is 185 Å². The van der Waals surface area contributed by atoms with E-state index in [1.165, 1.54) is 13.8 Å². The van der Waals surface area contributed by atoms with Crippen LogP contribution < -0.4 is 14.8 Å². The molecule has 2 N–H and O–H groups in total. The van der Waals surface area contributed by atoms with Gasteiger partial charge in [0.05, 0.1) is 5.69 Å². The predicted molar refractivity (Wildman–Crippen MR) is 114 cm³/mol. The van der Waals surface area contributed by atoms with E-state index in [1.54, 1.807) is 32.9 Å². The van der Waals surface area contributed by atoms with Gasteiger partial charge in [-0.15, -0.1) is 0 Å². The van der Waals surface area contributed by atoms with Crippen molar-refractivity contribution in [3.05, 3.63) is 46.3 Å². The molecular weight excluding hydrogens is 414 g/mol. The summed E-state index contributed by atoms with van der Waals surface area (Å²) in [7, 11) is 0. The van der Waals surface area contributed by atoms with Crippen LogP contribution in [0, 0.1) is 13.8 Å². The van der Waals surface area contributed by atoms with Crippen molar-refractivity contribution in [1.29, 1.82) is 0 Å². The number of H-pyrrole nitrogens is 1. The number of carbonyl (C=O) groups is 4. The van der Waals surface area contributed by atoms with E-state index < -0.39 is 29.3 Å². The van der Waals surface area contributed by atoms with Gasteiger partial charge in [-0.3, -0.25) is 19.3 Å². The molecule has 1 saturated heterocycles. The molecule has 4 rings (SSSR count). The van der Waals surface area contributed by atoms with E-state index in [1.807, 2.05) is 6.07 Å². The van der Waals surface area contributed by atoms with Gasteiger partial charge in [-0.1, -0.05) is 6.07 Å². The second kappa shape index (κ2) is 7.51. The summed E-state index contributed by atoms with van der Waals surface area (Å²) in [5, 5.41) is 2.73. The molecule has 168 valence electrons. The fourth-order valence-electron chi connectivity index (χ4n) is 4.49. The van der Waals surface area contributed by atoms with Crippen molar-refractivity contribution >= 4 is 23.5 Å². The number of hydrogen-bond acceptors (Lipinski definition) is 6. The van der Waals surface area contributed by atoms with Gasteiger partial charge >= 0.3 is 6.03 Å². The second-order valence-electron chi connectivity index (χ2n) is 8.52. The van der Waals surface area contributed by atoms with E-state index in [4.69, 9.17) is 9.47 Å². The lowest BCUT2D eigenvalue weighted by Gasteiger charge is -2.24. The molecule has 1 aromatic carbocycles. The lowest BCUT2D eigenvalue weighted by atomic mass is 9.92. The molecule has 1 fully saturated rings. The molecule has 2 aliphatic rings. The van der Waals surface area contributed by atoms with Gasteiger partial charge in [-0.25, -0.2) is 4.79 Å². The predicted octanol–water partition coefficient (Wildman–Crippen LogP) is 2.69. The van der Waals surface area contributed by atoms with Crippen molar-refractivity contribution in [1.82, 2.24) is 15.2 Å². The standard InChI is InChI=1S/C23H25N3O6/c1-11-18(14(4)27)12(2)24-19(11)20(28)13(3)26-21(29)23(5,25-22(26)30)9-15-6-7-16-17(8-15)32-10-31-16/h6-8,13,24H,9-10H2,1-5H3,(H,25,30)/t13-,23+/m0/s1. The maximum absolute atomic E-state index is 13.3. The van der Waals surface area contributed by atoms with E-state index in [9.17, 15) is 19.2 Å². The van der Waals surface area contributed by atoms with Crippen LogP contribution in [0.5, 0.6) is 11.5 Å². The van der Waals surface area contributed by atoms with Crippen LogP contribution in [0.3, 0.4) is 0 Å². The van der Waals surface area contributed by atoms with Gasteiger partial charge in [0.1, 0.15) is 11.6 Å². The van der Waals surface area contributed by atoms with Gasteiger partial charge < -0.3 is 19.8 Å². The number of nitrogens with zero attached hydrogens (tertiary/aromatic N) is 1. The molecule has 0 spiro atoms. The Morgan fingerprint density at radius 3 is 2.53 bits per heavy atom. The molecule has 3 heterocycles. The first kappa shape index (κ1) is 21.6. The summed E-state index contributed by atoms with van der Waals surface area (Å²) in [6, 6.07) is 3.67. The minimum absolute atomic E-state index is 0.141. The number of urea groups is 1. The molecule has 1 aromatic heterocycles. The average Bonchev–Trinajstić information content (AvgIpc) is 3.35. The molecule has 32 heavy (non-hydrogen) atoms. The summed E-state index contributed by atoms with van der Waals surface area (Å²) in [6.45, 7) is 8.10. The number of aromatic nitrogens is 1. The normalized spacial score (nSPS) is 20.5. The summed E-state index contributed by atoms with van der Waals surface area (Å²) < 4.78 is 10.7. The van der Waals surface area contributed by atoms with E-state index in [0.717, 1.165) is 10.5 Å². The minimum atomic E-state index is -1.22. The largest absolute Gasteiger partial charge is 0.454 e. The van der Waals surface area contributed by atoms with Crippen LogP contribution in [-0.2, 0) is 11.2 Å². The topological polar surface area (TPSA) is 118 Å². The number of ketones is 2. The van der Waals surface area contributed by atoms with Crippen molar-refractivity contribution in [3.63, 3.8) is 0 Å². The van der Waals surface area contributed by atoms with Crippen LogP contribution in [0.1, 0.15) is 58.4 Å². The highest BCUT2D eigenvalue weighted by Gasteiger charge is 2.51. The molecule has 0 aliphatic carbocycles. The molecule has 3 amide bonds. The molecule has 2 atom stereocenters. The number of fused-ring (bicyclic) bond motifs is 1. The van der Waals surface area contributed by atoms with Crippen LogP contribution in [0.4, 0.5) is 4.79 Å². The van der Waals surface area contributed by atoms with E-state index in [2.05, 4.69) is 10.3 Å². The number of benzene rings is 1. The van der Waals surface area contributed by atoms with Crippen molar-refractivity contribution < 1.29 is 28.7 Å². The summed E-state index contributed by atoms with van der Waals surface area (Å²) in [6.07, 6.45) is 0.223. The highest BCUT2D eigenvalue weighted by atomic mass is 16.7. The lowest BCUT2D eigenvalue weighted by molar-refractivity contribution is -0.131. The fourth-order valence-corrected chi connectivity index (χ4v) is 4.49. The first-order valence-electron chi connectivity index (χ1n) is 10.3. The molecule has 0 saturated carbocycles. The number of rotatable bonds is 6. The maximum atomic E-state index is 13.3. The van der Waals surface area contributed by atoms with E-state index in [-0.39, 0.29) is 24.7 Å². The summed E-state index contributed by atoms with van der Waals surface area (Å²) in [4.78, 5) is 55.0. The van der Waals surface area contributed by atoms with Crippen molar-refractivity contribution in [3.8, 4) is 11.5 Å². The quantitative estimate of drug-likeness (QED) is 0.528. The molecule has 9 nitrogen and oxygen atoms in total. The fraction of sp³-hybridized carbons (Fsp3) is 0.391. The molecule has 2 aromatic rings. The molecule has 2 aliphatic heterocycles. The number of ether oxygens (including phenoxy) is 2. The van der Waals surface area contributed by atoms with E-state index in [0.29, 0.717) is 28.3 Å². The SMILES string of the molecule is CC(=O)c1c(C)[nH]c(C(=O)[C@H](C)N2C(=O)N[C@](C)(Cc3ccc4c(c3)OCO4)C2=O)c1C. The van der Waals surface area contributed by atoms with Crippen LogP contribution in [0.2, 0.25) is 0 Å². The van der Waals surface area contributed by atoms with Crippen LogP contribution in [0.25, 0.3) is 0 Å². The van der Waals surface area contributed by atoms with E-state index >= 15 is 0 Å². The molecule has 0 bridgehead atoms. The van der Waals surface area contributed by atoms with Gasteiger partial charge in [0.25, 0.3) is 5.91 Å². The first-order chi connectivity index (χ1) is 15.0. The zero-order valence-corrected chi connectivity index (χ0v) is 18.6. The van der Waals surface area contributed by atoms with Crippen molar-refractivity contribution in [2.75, 3.05) is 6.79 Å². The average molecular weight is 439 g/mol. The zero-order valence-electron chi connectivity index (χ0n) is 18.6. The molecule has 0 unspecified atom stereocenters. The van der Waals surface area contributed by atoms with Crippen molar-refractivity contribution in [2.45, 2.75) is 52.6 Å².